The van der Waals surface area contributed by atoms with E-state index < -0.39 is 17.4 Å². The summed E-state index contributed by atoms with van der Waals surface area (Å²) in [5.41, 5.74) is 2.02. The second-order valence-corrected chi connectivity index (χ2v) is 10.7. The Morgan fingerprint density at radius 2 is 1.69 bits per heavy atom. The van der Waals surface area contributed by atoms with Gasteiger partial charge in [0.2, 0.25) is 6.79 Å². The number of Topliss-reactive ketones (excluding diaryl/α,β-unsaturated/α-hetero) is 1. The topological polar surface area (TPSA) is 83.5 Å². The van der Waals surface area contributed by atoms with Crippen molar-refractivity contribution in [3.63, 3.8) is 0 Å². The molecule has 1 heterocycles. The Balaban J connectivity index is 1.53. The van der Waals surface area contributed by atoms with Gasteiger partial charge in [0.1, 0.15) is 35.2 Å². The first-order valence-electron chi connectivity index (χ1n) is 14.2. The molecule has 0 radical (unpaired) electrons. The third-order valence-corrected chi connectivity index (χ3v) is 8.06. The van der Waals surface area contributed by atoms with Crippen molar-refractivity contribution < 1.29 is 33.6 Å². The molecular weight excluding hydrogens is 532 g/mol. The molecule has 0 saturated heterocycles. The number of hydrogen-bond acceptors (Lipinski definition) is 7. The van der Waals surface area contributed by atoms with Gasteiger partial charge in [-0.05, 0) is 72.0 Å². The Hall–Kier alpha value is -4.49. The number of benzene rings is 4. The predicted octanol–water partition coefficient (Wildman–Crippen LogP) is 6.38. The molecule has 6 rings (SSSR count). The molecule has 7 heteroatoms. The third-order valence-electron chi connectivity index (χ3n) is 8.06. The first-order valence-corrected chi connectivity index (χ1v) is 14.2. The number of methoxy groups -OCH3 is 1. The zero-order valence-corrected chi connectivity index (χ0v) is 24.0. The molecule has 0 fully saturated rings. The molecule has 0 saturated carbocycles. The quantitative estimate of drug-likeness (QED) is 0.239. The van der Waals surface area contributed by atoms with Gasteiger partial charge >= 0.3 is 0 Å². The van der Waals surface area contributed by atoms with Crippen LogP contribution in [0.1, 0.15) is 54.0 Å². The average Bonchev–Trinajstić information content (AvgIpc) is 3.59. The summed E-state index contributed by atoms with van der Waals surface area (Å²) < 4.78 is 29.1. The van der Waals surface area contributed by atoms with E-state index in [1.165, 1.54) is 6.92 Å². The first-order chi connectivity index (χ1) is 20.4. The second-order valence-electron chi connectivity index (χ2n) is 10.7. The van der Waals surface area contributed by atoms with E-state index in [2.05, 4.69) is 0 Å². The van der Waals surface area contributed by atoms with Crippen molar-refractivity contribution in [1.29, 1.82) is 0 Å². The average molecular weight is 567 g/mol. The summed E-state index contributed by atoms with van der Waals surface area (Å²) in [5.74, 6) is 1.44. The molecule has 1 aliphatic heterocycles. The van der Waals surface area contributed by atoms with Crippen molar-refractivity contribution in [2.24, 2.45) is 5.92 Å². The normalized spacial score (nSPS) is 20.2. The number of ether oxygens (including phenoxy) is 5. The van der Waals surface area contributed by atoms with Crippen LogP contribution in [0, 0.1) is 5.92 Å². The second kappa shape index (κ2) is 11.4. The van der Waals surface area contributed by atoms with Gasteiger partial charge in [-0.15, -0.1) is 0 Å². The van der Waals surface area contributed by atoms with Crippen LogP contribution in [0.15, 0.2) is 84.9 Å². The minimum absolute atomic E-state index is 0.145. The number of aliphatic hydroxyl groups is 1. The molecule has 4 aromatic rings. The molecule has 2 aliphatic rings. The maximum atomic E-state index is 13.7. The smallest absolute Gasteiger partial charge is 0.231 e. The van der Waals surface area contributed by atoms with E-state index >= 15 is 0 Å². The van der Waals surface area contributed by atoms with Gasteiger partial charge in [-0.3, -0.25) is 4.79 Å². The van der Waals surface area contributed by atoms with E-state index in [1.807, 2.05) is 73.7 Å². The van der Waals surface area contributed by atoms with Crippen LogP contribution < -0.4 is 23.7 Å². The lowest BCUT2D eigenvalue weighted by Crippen LogP contribution is -2.39. The van der Waals surface area contributed by atoms with E-state index in [0.29, 0.717) is 46.5 Å². The Bertz CT molecular complexity index is 1600. The van der Waals surface area contributed by atoms with Crippen LogP contribution in [0.5, 0.6) is 28.7 Å². The molecule has 1 aliphatic carbocycles. The van der Waals surface area contributed by atoms with Gasteiger partial charge in [0, 0.05) is 17.5 Å². The summed E-state index contributed by atoms with van der Waals surface area (Å²) in [6, 6.07) is 26.6. The fraction of sp³-hybridized carbons (Fsp3) is 0.286. The lowest BCUT2D eigenvalue weighted by atomic mass is 9.74. The SMILES string of the molecule is CCCOc1ccc2c(c1)C(O)(c1ccc(OC)cc1OCc1ccccc1)C(C(C)=O)C2c1ccc2c(c1)OCO2. The van der Waals surface area contributed by atoms with E-state index in [4.69, 9.17) is 23.7 Å². The van der Waals surface area contributed by atoms with Crippen molar-refractivity contribution in [3.8, 4) is 28.7 Å². The Morgan fingerprint density at radius 3 is 2.45 bits per heavy atom. The highest BCUT2D eigenvalue weighted by molar-refractivity contribution is 5.85. The number of carbonyl (C=O) groups is 1. The highest BCUT2D eigenvalue weighted by atomic mass is 16.7. The van der Waals surface area contributed by atoms with E-state index in [9.17, 15) is 9.90 Å². The maximum absolute atomic E-state index is 13.7. The first kappa shape index (κ1) is 27.7. The van der Waals surface area contributed by atoms with Crippen LogP contribution in [-0.4, -0.2) is 31.4 Å². The zero-order valence-electron chi connectivity index (χ0n) is 24.0. The van der Waals surface area contributed by atoms with Gasteiger partial charge in [-0.1, -0.05) is 49.4 Å². The minimum atomic E-state index is -1.73. The van der Waals surface area contributed by atoms with Gasteiger partial charge in [-0.2, -0.15) is 0 Å². The largest absolute Gasteiger partial charge is 0.497 e. The fourth-order valence-corrected chi connectivity index (χ4v) is 6.15. The molecule has 0 bridgehead atoms. The van der Waals surface area contributed by atoms with Crippen LogP contribution in [0.4, 0.5) is 0 Å². The van der Waals surface area contributed by atoms with Crippen LogP contribution >= 0.6 is 0 Å². The van der Waals surface area contributed by atoms with Crippen molar-refractivity contribution in [2.45, 2.75) is 38.4 Å². The molecule has 4 aromatic carbocycles. The van der Waals surface area contributed by atoms with Gasteiger partial charge < -0.3 is 28.8 Å². The van der Waals surface area contributed by atoms with Crippen LogP contribution in [0.3, 0.4) is 0 Å². The summed E-state index contributed by atoms with van der Waals surface area (Å²) in [6.07, 6.45) is 0.840. The van der Waals surface area contributed by atoms with Crippen molar-refractivity contribution in [3.05, 3.63) is 113 Å². The number of ketones is 1. The molecule has 1 N–H and O–H groups in total. The standard InChI is InChI=1S/C35H34O7/c1-4-16-39-26-11-13-27-29(18-26)35(37,34(22(2)36)33(27)24-10-15-30-32(17-24)42-21-41-30)28-14-12-25(38-3)19-31(28)40-20-23-8-6-5-7-9-23/h5-15,17-19,33-34,37H,4,16,20-21H2,1-3H3. The highest BCUT2D eigenvalue weighted by Gasteiger charge is 2.56. The number of carbonyl (C=O) groups excluding carboxylic acids is 1. The van der Waals surface area contributed by atoms with Crippen molar-refractivity contribution in [2.75, 3.05) is 20.5 Å². The molecular formula is C35H34O7. The summed E-state index contributed by atoms with van der Waals surface area (Å²) in [4.78, 5) is 13.7. The molecule has 0 amide bonds. The van der Waals surface area contributed by atoms with Gasteiger partial charge in [0.15, 0.2) is 11.5 Å². The monoisotopic (exact) mass is 566 g/mol. The molecule has 3 atom stereocenters. The van der Waals surface area contributed by atoms with Gasteiger partial charge in [-0.25, -0.2) is 0 Å². The van der Waals surface area contributed by atoms with E-state index in [-0.39, 0.29) is 19.2 Å². The molecule has 42 heavy (non-hydrogen) atoms. The molecule has 0 aromatic heterocycles. The van der Waals surface area contributed by atoms with Gasteiger partial charge in [0.05, 0.1) is 19.6 Å². The Kier molecular flexibility index (Phi) is 7.52. The zero-order chi connectivity index (χ0) is 29.3. The van der Waals surface area contributed by atoms with E-state index in [1.54, 1.807) is 25.3 Å². The van der Waals surface area contributed by atoms with Crippen LogP contribution in [-0.2, 0) is 17.0 Å². The third kappa shape index (κ3) is 4.84. The number of rotatable bonds is 10. The lowest BCUT2D eigenvalue weighted by Gasteiger charge is -2.34. The molecule has 7 nitrogen and oxygen atoms in total. The summed E-state index contributed by atoms with van der Waals surface area (Å²) >= 11 is 0. The number of hydrogen-bond donors (Lipinski definition) is 1. The van der Waals surface area contributed by atoms with Crippen molar-refractivity contribution >= 4 is 5.78 Å². The lowest BCUT2D eigenvalue weighted by molar-refractivity contribution is -0.128. The molecule has 216 valence electrons. The predicted molar refractivity (Wildman–Crippen MR) is 158 cm³/mol. The fourth-order valence-electron chi connectivity index (χ4n) is 6.15. The van der Waals surface area contributed by atoms with Crippen LogP contribution in [0.25, 0.3) is 0 Å². The summed E-state index contributed by atoms with van der Waals surface area (Å²) in [7, 11) is 1.58. The molecule has 0 spiro atoms. The van der Waals surface area contributed by atoms with E-state index in [0.717, 1.165) is 23.1 Å². The molecule has 3 unspecified atom stereocenters. The minimum Gasteiger partial charge on any atom is -0.497 e. The Morgan fingerprint density at radius 1 is 0.905 bits per heavy atom. The summed E-state index contributed by atoms with van der Waals surface area (Å²) in [6.45, 7) is 4.53. The van der Waals surface area contributed by atoms with Crippen LogP contribution in [0.2, 0.25) is 0 Å². The Labute approximate surface area is 245 Å². The highest BCUT2D eigenvalue weighted by Crippen LogP contribution is 2.58. The number of fused-ring (bicyclic) bond motifs is 2. The summed E-state index contributed by atoms with van der Waals surface area (Å²) in [5, 5.41) is 13.0. The maximum Gasteiger partial charge on any atom is 0.231 e. The van der Waals surface area contributed by atoms with Crippen molar-refractivity contribution in [1.82, 2.24) is 0 Å². The van der Waals surface area contributed by atoms with Gasteiger partial charge in [0.25, 0.3) is 0 Å².